The molecule has 0 radical (unpaired) electrons. The molecule has 1 aromatic rings. The maximum Gasteiger partial charge on any atom is 0.211 e. The van der Waals surface area contributed by atoms with Crippen LogP contribution in [-0.2, 0) is 10.0 Å². The number of Topliss-reactive ketones (excluding diaryl/α,β-unsaturated/α-hetero) is 1. The lowest BCUT2D eigenvalue weighted by Gasteiger charge is -2.30. The zero-order valence-corrected chi connectivity index (χ0v) is 12.2. The number of rotatable bonds is 3. The van der Waals surface area contributed by atoms with Crippen molar-refractivity contribution in [3.63, 3.8) is 0 Å². The number of carbonyl (C=O) groups is 1. The first-order valence-corrected chi connectivity index (χ1v) is 8.35. The fraction of sp³-hybridized carbons (Fsp3) is 0.462. The van der Waals surface area contributed by atoms with Gasteiger partial charge in [-0.05, 0) is 25.0 Å². The Kier molecular flexibility index (Phi) is 4.28. The fourth-order valence-electron chi connectivity index (χ4n) is 2.34. The highest BCUT2D eigenvalue weighted by atomic mass is 35.5. The Labute approximate surface area is 118 Å². The topological polar surface area (TPSA) is 54.5 Å². The Morgan fingerprint density at radius 2 is 2.16 bits per heavy atom. The monoisotopic (exact) mass is 301 g/mol. The zero-order valence-electron chi connectivity index (χ0n) is 10.7. The molecule has 0 amide bonds. The van der Waals surface area contributed by atoms with Gasteiger partial charge in [-0.15, -0.1) is 0 Å². The third-order valence-corrected chi connectivity index (χ3v) is 4.84. The molecule has 0 bridgehead atoms. The standard InChI is InChI=1S/C13H16ClNO3S/c1-19(17,18)15-7-3-5-11(9-15)13(16)10-4-2-6-12(14)8-10/h2,4,6,8,11H,3,5,7,9H2,1H3/t11-/m0/s1. The third-order valence-electron chi connectivity index (χ3n) is 3.33. The quantitative estimate of drug-likeness (QED) is 0.804. The molecule has 1 aliphatic rings. The van der Waals surface area contributed by atoms with Crippen molar-refractivity contribution < 1.29 is 13.2 Å². The lowest BCUT2D eigenvalue weighted by atomic mass is 9.91. The van der Waals surface area contributed by atoms with Gasteiger partial charge in [0.1, 0.15) is 0 Å². The molecular formula is C13H16ClNO3S. The van der Waals surface area contributed by atoms with Crippen molar-refractivity contribution in [1.29, 1.82) is 0 Å². The first-order chi connectivity index (χ1) is 8.88. The number of sulfonamides is 1. The van der Waals surface area contributed by atoms with E-state index in [2.05, 4.69) is 0 Å². The first kappa shape index (κ1) is 14.5. The number of benzene rings is 1. The van der Waals surface area contributed by atoms with Crippen molar-refractivity contribution in [1.82, 2.24) is 4.31 Å². The van der Waals surface area contributed by atoms with Gasteiger partial charge in [0.05, 0.1) is 6.26 Å². The number of hydrogen-bond acceptors (Lipinski definition) is 3. The average Bonchev–Trinajstić information content (AvgIpc) is 2.37. The molecule has 0 aromatic heterocycles. The van der Waals surface area contributed by atoms with E-state index in [9.17, 15) is 13.2 Å². The summed E-state index contributed by atoms with van der Waals surface area (Å²) in [5, 5.41) is 0.515. The van der Waals surface area contributed by atoms with Gasteiger partial charge in [-0.25, -0.2) is 12.7 Å². The molecule has 0 spiro atoms. The van der Waals surface area contributed by atoms with Gasteiger partial charge in [-0.1, -0.05) is 23.7 Å². The Balaban J connectivity index is 2.16. The minimum Gasteiger partial charge on any atom is -0.294 e. The average molecular weight is 302 g/mol. The molecule has 0 unspecified atom stereocenters. The summed E-state index contributed by atoms with van der Waals surface area (Å²) in [6.07, 6.45) is 2.61. The van der Waals surface area contributed by atoms with Gasteiger partial charge in [0.2, 0.25) is 10.0 Å². The summed E-state index contributed by atoms with van der Waals surface area (Å²) in [6.45, 7) is 0.766. The van der Waals surface area contributed by atoms with Crippen LogP contribution in [0.15, 0.2) is 24.3 Å². The fourth-order valence-corrected chi connectivity index (χ4v) is 3.44. The molecule has 0 N–H and O–H groups in total. The summed E-state index contributed by atoms with van der Waals surface area (Å²) < 4.78 is 24.5. The molecule has 19 heavy (non-hydrogen) atoms. The maximum absolute atomic E-state index is 12.3. The lowest BCUT2D eigenvalue weighted by molar-refractivity contribution is 0.0873. The van der Waals surface area contributed by atoms with Crippen LogP contribution in [0.5, 0.6) is 0 Å². The summed E-state index contributed by atoms with van der Waals surface area (Å²) >= 11 is 5.87. The minimum absolute atomic E-state index is 0.0316. The van der Waals surface area contributed by atoms with Gasteiger partial charge in [0, 0.05) is 29.6 Å². The Morgan fingerprint density at radius 1 is 1.42 bits per heavy atom. The van der Waals surface area contributed by atoms with Gasteiger partial charge < -0.3 is 0 Å². The van der Waals surface area contributed by atoms with E-state index in [1.807, 2.05) is 0 Å². The van der Waals surface area contributed by atoms with Crippen LogP contribution in [0.2, 0.25) is 5.02 Å². The number of carbonyl (C=O) groups excluding carboxylic acids is 1. The summed E-state index contributed by atoms with van der Waals surface area (Å²) in [5.74, 6) is -0.308. The van der Waals surface area contributed by atoms with Crippen molar-refractivity contribution in [3.8, 4) is 0 Å². The predicted molar refractivity (Wildman–Crippen MR) is 74.9 cm³/mol. The van der Waals surface area contributed by atoms with Gasteiger partial charge in [0.25, 0.3) is 0 Å². The van der Waals surface area contributed by atoms with Crippen molar-refractivity contribution in [2.24, 2.45) is 5.92 Å². The summed E-state index contributed by atoms with van der Waals surface area (Å²) in [7, 11) is -3.23. The number of nitrogens with zero attached hydrogens (tertiary/aromatic N) is 1. The van der Waals surface area contributed by atoms with E-state index in [1.54, 1.807) is 24.3 Å². The molecule has 2 rings (SSSR count). The second-order valence-corrected chi connectivity index (χ2v) is 7.25. The molecule has 4 nitrogen and oxygen atoms in total. The van der Waals surface area contributed by atoms with Crippen LogP contribution in [0.4, 0.5) is 0 Å². The molecule has 1 atom stereocenters. The minimum atomic E-state index is -3.23. The van der Waals surface area contributed by atoms with Gasteiger partial charge in [0.15, 0.2) is 5.78 Å². The molecule has 6 heteroatoms. The van der Waals surface area contributed by atoms with E-state index in [0.29, 0.717) is 23.6 Å². The largest absolute Gasteiger partial charge is 0.294 e. The number of ketones is 1. The third kappa shape index (κ3) is 3.55. The Hall–Kier alpha value is -0.910. The van der Waals surface area contributed by atoms with Crippen LogP contribution in [0.25, 0.3) is 0 Å². The van der Waals surface area contributed by atoms with Crippen LogP contribution in [-0.4, -0.2) is 37.9 Å². The molecule has 1 fully saturated rings. The van der Waals surface area contributed by atoms with E-state index in [0.717, 1.165) is 6.42 Å². The molecule has 104 valence electrons. The Bertz CT molecular complexity index is 585. The maximum atomic E-state index is 12.3. The van der Waals surface area contributed by atoms with Crippen LogP contribution in [0.3, 0.4) is 0 Å². The smallest absolute Gasteiger partial charge is 0.211 e. The number of hydrogen-bond donors (Lipinski definition) is 0. The van der Waals surface area contributed by atoms with Crippen molar-refractivity contribution in [3.05, 3.63) is 34.9 Å². The number of halogens is 1. The van der Waals surface area contributed by atoms with Crippen LogP contribution < -0.4 is 0 Å². The molecular weight excluding hydrogens is 286 g/mol. The summed E-state index contributed by atoms with van der Waals surface area (Å²) in [5.41, 5.74) is 0.549. The molecule has 1 heterocycles. The molecule has 0 aliphatic carbocycles. The predicted octanol–water partition coefficient (Wildman–Crippen LogP) is 2.19. The number of piperidine rings is 1. The zero-order chi connectivity index (χ0) is 14.0. The summed E-state index contributed by atoms with van der Waals surface area (Å²) in [4.78, 5) is 12.3. The van der Waals surface area contributed by atoms with Crippen molar-refractivity contribution in [2.75, 3.05) is 19.3 Å². The first-order valence-electron chi connectivity index (χ1n) is 6.13. The second kappa shape index (κ2) is 5.61. The lowest BCUT2D eigenvalue weighted by Crippen LogP contribution is -2.41. The van der Waals surface area contributed by atoms with E-state index in [1.165, 1.54) is 10.6 Å². The van der Waals surface area contributed by atoms with Crippen LogP contribution in [0.1, 0.15) is 23.2 Å². The van der Waals surface area contributed by atoms with Crippen molar-refractivity contribution >= 4 is 27.4 Å². The van der Waals surface area contributed by atoms with Gasteiger partial charge in [-0.3, -0.25) is 4.79 Å². The van der Waals surface area contributed by atoms with Crippen LogP contribution in [0, 0.1) is 5.92 Å². The van der Waals surface area contributed by atoms with Gasteiger partial charge >= 0.3 is 0 Å². The van der Waals surface area contributed by atoms with Gasteiger partial charge in [-0.2, -0.15) is 0 Å². The highest BCUT2D eigenvalue weighted by Crippen LogP contribution is 2.23. The highest BCUT2D eigenvalue weighted by Gasteiger charge is 2.30. The normalized spacial score (nSPS) is 21.3. The van der Waals surface area contributed by atoms with E-state index in [4.69, 9.17) is 11.6 Å². The summed E-state index contributed by atoms with van der Waals surface area (Å²) in [6, 6.07) is 6.78. The Morgan fingerprint density at radius 3 is 2.79 bits per heavy atom. The SMILES string of the molecule is CS(=O)(=O)N1CCC[C@H](C(=O)c2cccc(Cl)c2)C1. The van der Waals surface area contributed by atoms with Crippen LogP contribution >= 0.6 is 11.6 Å². The van der Waals surface area contributed by atoms with E-state index < -0.39 is 10.0 Å². The van der Waals surface area contributed by atoms with E-state index >= 15 is 0 Å². The highest BCUT2D eigenvalue weighted by molar-refractivity contribution is 7.88. The van der Waals surface area contributed by atoms with E-state index in [-0.39, 0.29) is 18.2 Å². The molecule has 1 aromatic carbocycles. The van der Waals surface area contributed by atoms with Crippen molar-refractivity contribution in [2.45, 2.75) is 12.8 Å². The molecule has 1 saturated heterocycles. The second-order valence-electron chi connectivity index (χ2n) is 4.83. The molecule has 1 aliphatic heterocycles. The molecule has 0 saturated carbocycles.